The van der Waals surface area contributed by atoms with Gasteiger partial charge in [0.1, 0.15) is 11.6 Å². The molecule has 2 rings (SSSR count). The van der Waals surface area contributed by atoms with E-state index in [-0.39, 0.29) is 11.6 Å². The van der Waals surface area contributed by atoms with Gasteiger partial charge in [0.25, 0.3) is 0 Å². The molecule has 0 saturated carbocycles. The van der Waals surface area contributed by atoms with Crippen molar-refractivity contribution in [2.24, 2.45) is 0 Å². The Morgan fingerprint density at radius 3 is 2.68 bits per heavy atom. The van der Waals surface area contributed by atoms with Gasteiger partial charge in [0, 0.05) is 29.5 Å². The molecule has 0 radical (unpaired) electrons. The number of methoxy groups -OCH3 is 1. The molecule has 0 aliphatic carbocycles. The summed E-state index contributed by atoms with van der Waals surface area (Å²) < 4.78 is 33.2. The largest absolute Gasteiger partial charge is 0.380 e. The van der Waals surface area contributed by atoms with E-state index in [1.54, 1.807) is 7.11 Å². The van der Waals surface area contributed by atoms with Crippen LogP contribution in [0.3, 0.4) is 0 Å². The fourth-order valence-corrected chi connectivity index (χ4v) is 3.25. The minimum Gasteiger partial charge on any atom is -0.380 e. The first-order valence-corrected chi connectivity index (χ1v) is 7.08. The third-order valence-electron chi connectivity index (χ3n) is 2.92. The van der Waals surface area contributed by atoms with Crippen molar-refractivity contribution in [1.29, 1.82) is 0 Å². The van der Waals surface area contributed by atoms with E-state index >= 15 is 0 Å². The van der Waals surface area contributed by atoms with Crippen LogP contribution in [-0.2, 0) is 17.9 Å². The molecule has 5 heteroatoms. The van der Waals surface area contributed by atoms with Crippen molar-refractivity contribution in [3.05, 3.63) is 34.2 Å². The van der Waals surface area contributed by atoms with E-state index in [0.717, 1.165) is 23.4 Å². The van der Waals surface area contributed by atoms with E-state index in [1.165, 1.54) is 23.5 Å². The fraction of sp³-hybridized carbons (Fsp3) is 0.429. The van der Waals surface area contributed by atoms with Crippen molar-refractivity contribution in [2.45, 2.75) is 26.5 Å². The van der Waals surface area contributed by atoms with Gasteiger partial charge < -0.3 is 10.1 Å². The summed E-state index contributed by atoms with van der Waals surface area (Å²) >= 11 is 1.30. The Kier molecular flexibility index (Phi) is 4.85. The van der Waals surface area contributed by atoms with Gasteiger partial charge >= 0.3 is 0 Å². The molecule has 2 nitrogen and oxygen atoms in total. The van der Waals surface area contributed by atoms with Crippen LogP contribution in [0.5, 0.6) is 0 Å². The molecule has 0 fully saturated rings. The summed E-state index contributed by atoms with van der Waals surface area (Å²) in [7, 11) is 1.56. The Labute approximate surface area is 115 Å². The zero-order valence-corrected chi connectivity index (χ0v) is 11.9. The minimum atomic E-state index is -0.388. The lowest BCUT2D eigenvalue weighted by Gasteiger charge is -2.05. The average molecular weight is 285 g/mol. The van der Waals surface area contributed by atoms with Crippen molar-refractivity contribution >= 4 is 21.4 Å². The first kappa shape index (κ1) is 14.4. The molecule has 0 amide bonds. The van der Waals surface area contributed by atoms with Crippen LogP contribution in [0, 0.1) is 11.6 Å². The molecular formula is C14H17F2NOS. The number of halogens is 2. The Balaban J connectivity index is 2.47. The highest BCUT2D eigenvalue weighted by Crippen LogP contribution is 2.35. The lowest BCUT2D eigenvalue weighted by atomic mass is 10.1. The van der Waals surface area contributed by atoms with E-state index in [9.17, 15) is 8.78 Å². The van der Waals surface area contributed by atoms with Crippen molar-refractivity contribution in [1.82, 2.24) is 5.32 Å². The van der Waals surface area contributed by atoms with Crippen LogP contribution in [-0.4, -0.2) is 13.7 Å². The number of rotatable bonds is 6. The maximum atomic E-state index is 13.9. The lowest BCUT2D eigenvalue weighted by molar-refractivity contribution is 0.185. The number of fused-ring (bicyclic) bond motifs is 1. The summed E-state index contributed by atoms with van der Waals surface area (Å²) in [5.74, 6) is -0.762. The molecule has 1 aromatic carbocycles. The van der Waals surface area contributed by atoms with Crippen LogP contribution < -0.4 is 5.32 Å². The highest BCUT2D eigenvalue weighted by atomic mass is 32.1. The monoisotopic (exact) mass is 285 g/mol. The molecule has 2 aromatic rings. The molecule has 1 heterocycles. The third kappa shape index (κ3) is 2.94. The van der Waals surface area contributed by atoms with E-state index in [1.807, 2.05) is 0 Å². The predicted molar refractivity (Wildman–Crippen MR) is 74.5 cm³/mol. The molecule has 1 N–H and O–H groups in total. The van der Waals surface area contributed by atoms with Gasteiger partial charge in [-0.25, -0.2) is 8.78 Å². The molecule has 0 spiro atoms. The standard InChI is InChI=1S/C14H17F2NOS/c1-3-6-17-7-12-9(8-18-2)13-10(15)4-5-11(16)14(13)19-12/h4-5,17H,3,6-8H2,1-2H3. The van der Waals surface area contributed by atoms with Crippen LogP contribution >= 0.6 is 11.3 Å². The van der Waals surface area contributed by atoms with Crippen molar-refractivity contribution < 1.29 is 13.5 Å². The molecule has 0 aliphatic rings. The van der Waals surface area contributed by atoms with Crippen LogP contribution in [0.4, 0.5) is 8.78 Å². The van der Waals surface area contributed by atoms with Crippen LogP contribution in [0.15, 0.2) is 12.1 Å². The molecule has 19 heavy (non-hydrogen) atoms. The summed E-state index contributed by atoms with van der Waals surface area (Å²) in [5, 5.41) is 3.62. The maximum Gasteiger partial charge on any atom is 0.141 e. The van der Waals surface area contributed by atoms with Gasteiger partial charge in [0.15, 0.2) is 0 Å². The molecule has 104 valence electrons. The van der Waals surface area contributed by atoms with Crippen molar-refractivity contribution in [3.8, 4) is 0 Å². The van der Waals surface area contributed by atoms with Crippen LogP contribution in [0.1, 0.15) is 23.8 Å². The summed E-state index contributed by atoms with van der Waals surface area (Å²) in [4.78, 5) is 0.939. The van der Waals surface area contributed by atoms with Crippen LogP contribution in [0.2, 0.25) is 0 Å². The topological polar surface area (TPSA) is 21.3 Å². The van der Waals surface area contributed by atoms with Gasteiger partial charge in [-0.1, -0.05) is 6.92 Å². The summed E-state index contributed by atoms with van der Waals surface area (Å²) in [6, 6.07) is 2.35. The van der Waals surface area contributed by atoms with Crippen molar-refractivity contribution in [3.63, 3.8) is 0 Å². The SMILES string of the molecule is CCCNCc1sc2c(F)ccc(F)c2c1COC. The minimum absolute atomic E-state index is 0.295. The molecule has 0 aliphatic heterocycles. The zero-order valence-electron chi connectivity index (χ0n) is 11.1. The Bertz CT molecular complexity index is 568. The second-order valence-corrected chi connectivity index (χ2v) is 5.45. The predicted octanol–water partition coefficient (Wildman–Crippen LogP) is 3.83. The highest BCUT2D eigenvalue weighted by molar-refractivity contribution is 7.19. The fourth-order valence-electron chi connectivity index (χ4n) is 2.06. The molecule has 0 bridgehead atoms. The maximum absolute atomic E-state index is 13.9. The molecule has 0 atom stereocenters. The third-order valence-corrected chi connectivity index (χ3v) is 4.16. The number of hydrogen-bond donors (Lipinski definition) is 1. The Morgan fingerprint density at radius 2 is 2.00 bits per heavy atom. The smallest absolute Gasteiger partial charge is 0.141 e. The van der Waals surface area contributed by atoms with Gasteiger partial charge in [-0.2, -0.15) is 0 Å². The summed E-state index contributed by atoms with van der Waals surface area (Å²) in [6.45, 7) is 3.87. The number of hydrogen-bond acceptors (Lipinski definition) is 3. The first-order chi connectivity index (χ1) is 9.19. The number of thiophene rings is 1. The summed E-state index contributed by atoms with van der Waals surface area (Å²) in [5.41, 5.74) is 0.753. The van der Waals surface area contributed by atoms with E-state index < -0.39 is 0 Å². The van der Waals surface area contributed by atoms with E-state index in [0.29, 0.717) is 23.2 Å². The number of nitrogens with one attached hydrogen (secondary N) is 1. The second-order valence-electron chi connectivity index (χ2n) is 4.35. The van der Waals surface area contributed by atoms with Gasteiger partial charge in [-0.15, -0.1) is 11.3 Å². The van der Waals surface area contributed by atoms with Gasteiger partial charge in [-0.3, -0.25) is 0 Å². The Hall–Kier alpha value is -1.04. The number of ether oxygens (including phenoxy) is 1. The molecule has 1 aromatic heterocycles. The first-order valence-electron chi connectivity index (χ1n) is 6.27. The van der Waals surface area contributed by atoms with E-state index in [2.05, 4.69) is 12.2 Å². The Morgan fingerprint density at radius 1 is 1.26 bits per heavy atom. The highest BCUT2D eigenvalue weighted by Gasteiger charge is 2.18. The average Bonchev–Trinajstić information content (AvgIpc) is 2.75. The quantitative estimate of drug-likeness (QED) is 0.815. The summed E-state index contributed by atoms with van der Waals surface area (Å²) in [6.07, 6.45) is 1.02. The lowest BCUT2D eigenvalue weighted by Crippen LogP contribution is -2.14. The normalized spacial score (nSPS) is 11.4. The second kappa shape index (κ2) is 6.41. The van der Waals surface area contributed by atoms with E-state index in [4.69, 9.17) is 4.74 Å². The molecular weight excluding hydrogens is 268 g/mol. The van der Waals surface area contributed by atoms with Gasteiger partial charge in [-0.05, 0) is 25.1 Å². The van der Waals surface area contributed by atoms with Crippen molar-refractivity contribution in [2.75, 3.05) is 13.7 Å². The zero-order chi connectivity index (χ0) is 13.8. The molecule has 0 unspecified atom stereocenters. The number of benzene rings is 1. The van der Waals surface area contributed by atoms with Gasteiger partial charge in [0.2, 0.25) is 0 Å². The van der Waals surface area contributed by atoms with Crippen LogP contribution in [0.25, 0.3) is 10.1 Å². The molecule has 0 saturated heterocycles. The van der Waals surface area contributed by atoms with Gasteiger partial charge in [0.05, 0.1) is 11.3 Å².